The number of hydrogen-bond acceptors (Lipinski definition) is 5. The molecule has 0 aliphatic rings. The van der Waals surface area contributed by atoms with Crippen LogP contribution in [0.5, 0.6) is 0 Å². The van der Waals surface area contributed by atoms with Crippen LogP contribution in [-0.2, 0) is 14.3 Å². The normalized spacial score (nSPS) is 10.2. The van der Waals surface area contributed by atoms with Gasteiger partial charge in [-0.1, -0.05) is 13.8 Å². The molecule has 0 bridgehead atoms. The van der Waals surface area contributed by atoms with Crippen molar-refractivity contribution < 1.29 is 14.3 Å². The van der Waals surface area contributed by atoms with Crippen LogP contribution in [0.1, 0.15) is 32.4 Å². The van der Waals surface area contributed by atoms with Crippen molar-refractivity contribution in [3.63, 3.8) is 0 Å². The Bertz CT molecular complexity index is 387. The molecule has 0 aromatic carbocycles. The van der Waals surface area contributed by atoms with Crippen LogP contribution in [-0.4, -0.2) is 23.5 Å². The van der Waals surface area contributed by atoms with Crippen LogP contribution in [0.4, 0.5) is 5.13 Å². The molecule has 5 nitrogen and oxygen atoms in total. The first-order valence-corrected chi connectivity index (χ1v) is 5.86. The number of ether oxygens (including phenoxy) is 1. The standard InChI is InChI=1S/C10H14N2O3S/c1-4-15-9(14)8(13)12-10-11-7(5-16-10)6(2)3/h5-6H,4H2,1-3H3,(H,11,12,13). The highest BCUT2D eigenvalue weighted by molar-refractivity contribution is 7.14. The fraction of sp³-hybridized carbons (Fsp3) is 0.500. The zero-order valence-electron chi connectivity index (χ0n) is 9.44. The Labute approximate surface area is 97.8 Å². The Morgan fingerprint density at radius 3 is 2.75 bits per heavy atom. The largest absolute Gasteiger partial charge is 0.459 e. The third-order valence-electron chi connectivity index (χ3n) is 1.79. The molecule has 1 amide bonds. The number of amides is 1. The molecule has 88 valence electrons. The molecule has 1 rings (SSSR count). The first kappa shape index (κ1) is 12.6. The van der Waals surface area contributed by atoms with Gasteiger partial charge < -0.3 is 4.74 Å². The van der Waals surface area contributed by atoms with Crippen molar-refractivity contribution >= 4 is 28.3 Å². The first-order valence-electron chi connectivity index (χ1n) is 4.98. The van der Waals surface area contributed by atoms with Crippen LogP contribution in [0.3, 0.4) is 0 Å². The lowest BCUT2D eigenvalue weighted by Crippen LogP contribution is -2.24. The maximum Gasteiger partial charge on any atom is 0.397 e. The van der Waals surface area contributed by atoms with E-state index in [1.54, 1.807) is 6.92 Å². The molecule has 0 fully saturated rings. The summed E-state index contributed by atoms with van der Waals surface area (Å²) in [7, 11) is 0. The monoisotopic (exact) mass is 242 g/mol. The molecular formula is C10H14N2O3S. The fourth-order valence-electron chi connectivity index (χ4n) is 0.954. The molecule has 1 N–H and O–H groups in total. The minimum absolute atomic E-state index is 0.182. The molecule has 0 saturated heterocycles. The molecular weight excluding hydrogens is 228 g/mol. The summed E-state index contributed by atoms with van der Waals surface area (Å²) < 4.78 is 4.56. The van der Waals surface area contributed by atoms with E-state index in [2.05, 4.69) is 15.0 Å². The van der Waals surface area contributed by atoms with Gasteiger partial charge in [0.2, 0.25) is 0 Å². The van der Waals surface area contributed by atoms with Crippen molar-refractivity contribution in [3.05, 3.63) is 11.1 Å². The Morgan fingerprint density at radius 1 is 1.56 bits per heavy atom. The van der Waals surface area contributed by atoms with Crippen LogP contribution < -0.4 is 5.32 Å². The summed E-state index contributed by atoms with van der Waals surface area (Å²) in [5.74, 6) is -1.38. The molecule has 0 atom stereocenters. The zero-order chi connectivity index (χ0) is 12.1. The van der Waals surface area contributed by atoms with Crippen molar-refractivity contribution in [2.45, 2.75) is 26.7 Å². The van der Waals surface area contributed by atoms with E-state index in [0.717, 1.165) is 5.69 Å². The Hall–Kier alpha value is -1.43. The van der Waals surface area contributed by atoms with Crippen molar-refractivity contribution in [3.8, 4) is 0 Å². The minimum Gasteiger partial charge on any atom is -0.459 e. The maximum atomic E-state index is 11.3. The molecule has 0 saturated carbocycles. The van der Waals surface area contributed by atoms with Gasteiger partial charge in [0.05, 0.1) is 12.3 Å². The lowest BCUT2D eigenvalue weighted by atomic mass is 10.2. The molecule has 1 aromatic heterocycles. The molecule has 0 aliphatic carbocycles. The highest BCUT2D eigenvalue weighted by Crippen LogP contribution is 2.21. The van der Waals surface area contributed by atoms with Gasteiger partial charge in [0.15, 0.2) is 5.13 Å². The quantitative estimate of drug-likeness (QED) is 0.648. The van der Waals surface area contributed by atoms with E-state index in [0.29, 0.717) is 11.0 Å². The van der Waals surface area contributed by atoms with Gasteiger partial charge in [0.1, 0.15) is 0 Å². The highest BCUT2D eigenvalue weighted by Gasteiger charge is 2.16. The van der Waals surface area contributed by atoms with Gasteiger partial charge in [-0.25, -0.2) is 9.78 Å². The van der Waals surface area contributed by atoms with Gasteiger partial charge in [0.25, 0.3) is 0 Å². The lowest BCUT2D eigenvalue weighted by molar-refractivity contribution is -0.152. The molecule has 0 radical (unpaired) electrons. The van der Waals surface area contributed by atoms with Gasteiger partial charge in [-0.05, 0) is 12.8 Å². The van der Waals surface area contributed by atoms with Crippen LogP contribution in [0.15, 0.2) is 5.38 Å². The number of nitrogens with one attached hydrogen (secondary N) is 1. The Balaban J connectivity index is 2.59. The summed E-state index contributed by atoms with van der Waals surface area (Å²) >= 11 is 1.29. The fourth-order valence-corrected chi connectivity index (χ4v) is 1.82. The van der Waals surface area contributed by atoms with Crippen molar-refractivity contribution in [2.75, 3.05) is 11.9 Å². The van der Waals surface area contributed by atoms with E-state index in [4.69, 9.17) is 0 Å². The average molecular weight is 242 g/mol. The van der Waals surface area contributed by atoms with Gasteiger partial charge >= 0.3 is 11.9 Å². The lowest BCUT2D eigenvalue weighted by Gasteiger charge is -2.01. The summed E-state index contributed by atoms with van der Waals surface area (Å²) in [5.41, 5.74) is 0.893. The Kier molecular flexibility index (Phi) is 4.42. The SMILES string of the molecule is CCOC(=O)C(=O)Nc1nc(C(C)C)cs1. The zero-order valence-corrected chi connectivity index (χ0v) is 10.3. The number of anilines is 1. The van der Waals surface area contributed by atoms with Crippen LogP contribution in [0, 0.1) is 0 Å². The molecule has 1 aromatic rings. The summed E-state index contributed by atoms with van der Waals surface area (Å²) in [5, 5.41) is 4.67. The number of nitrogens with zero attached hydrogens (tertiary/aromatic N) is 1. The van der Waals surface area contributed by atoms with Gasteiger partial charge in [-0.15, -0.1) is 11.3 Å². The molecule has 16 heavy (non-hydrogen) atoms. The number of rotatable bonds is 3. The van der Waals surface area contributed by atoms with Crippen LogP contribution in [0.2, 0.25) is 0 Å². The van der Waals surface area contributed by atoms with E-state index < -0.39 is 11.9 Å². The molecule has 6 heteroatoms. The molecule has 0 unspecified atom stereocenters. The number of carbonyl (C=O) groups is 2. The topological polar surface area (TPSA) is 68.3 Å². The average Bonchev–Trinajstić information content (AvgIpc) is 2.66. The minimum atomic E-state index is -0.885. The summed E-state index contributed by atoms with van der Waals surface area (Å²) in [4.78, 5) is 26.5. The summed E-state index contributed by atoms with van der Waals surface area (Å²) in [6, 6.07) is 0. The predicted molar refractivity (Wildman–Crippen MR) is 61.5 cm³/mol. The molecule has 0 aliphatic heterocycles. The Morgan fingerprint density at radius 2 is 2.25 bits per heavy atom. The molecule has 1 heterocycles. The number of carbonyl (C=O) groups excluding carboxylic acids is 2. The number of hydrogen-bond donors (Lipinski definition) is 1. The summed E-state index contributed by atoms with van der Waals surface area (Å²) in [6.07, 6.45) is 0. The summed E-state index contributed by atoms with van der Waals surface area (Å²) in [6.45, 7) is 5.84. The van der Waals surface area contributed by atoms with E-state index >= 15 is 0 Å². The van der Waals surface area contributed by atoms with Gasteiger partial charge in [-0.2, -0.15) is 0 Å². The predicted octanol–water partition coefficient (Wildman–Crippen LogP) is 1.77. The second kappa shape index (κ2) is 5.60. The van der Waals surface area contributed by atoms with Crippen molar-refractivity contribution in [1.29, 1.82) is 0 Å². The van der Waals surface area contributed by atoms with Gasteiger partial charge in [-0.3, -0.25) is 10.1 Å². The first-order chi connectivity index (χ1) is 7.54. The second-order valence-corrected chi connectivity index (χ2v) is 4.26. The smallest absolute Gasteiger partial charge is 0.397 e. The van der Waals surface area contributed by atoms with E-state index in [1.807, 2.05) is 19.2 Å². The molecule has 0 spiro atoms. The maximum absolute atomic E-state index is 11.3. The third-order valence-corrected chi connectivity index (χ3v) is 2.57. The second-order valence-electron chi connectivity index (χ2n) is 3.41. The number of thiazole rings is 1. The van der Waals surface area contributed by atoms with Crippen LogP contribution in [0.25, 0.3) is 0 Å². The third kappa shape index (κ3) is 3.30. The number of aromatic nitrogens is 1. The van der Waals surface area contributed by atoms with E-state index in [-0.39, 0.29) is 6.61 Å². The van der Waals surface area contributed by atoms with Gasteiger partial charge in [0, 0.05) is 5.38 Å². The van der Waals surface area contributed by atoms with Crippen molar-refractivity contribution in [1.82, 2.24) is 4.98 Å². The van der Waals surface area contributed by atoms with E-state index in [9.17, 15) is 9.59 Å². The number of esters is 1. The van der Waals surface area contributed by atoms with Crippen molar-refractivity contribution in [2.24, 2.45) is 0 Å². The van der Waals surface area contributed by atoms with E-state index in [1.165, 1.54) is 11.3 Å². The van der Waals surface area contributed by atoms with Crippen LogP contribution >= 0.6 is 11.3 Å². The highest BCUT2D eigenvalue weighted by atomic mass is 32.1.